The Kier molecular flexibility index (Phi) is 11.1. The number of hydrogen-bond donors (Lipinski definition) is 0. The third kappa shape index (κ3) is 8.56. The van der Waals surface area contributed by atoms with E-state index < -0.39 is 67.2 Å². The van der Waals surface area contributed by atoms with Crippen LogP contribution in [0.1, 0.15) is 41.5 Å². The molecule has 5 atom stereocenters. The average molecular weight is 496 g/mol. The Hall–Kier alpha value is -1.25. The molecular weight excluding hydrogens is 467 g/mol. The summed E-state index contributed by atoms with van der Waals surface area (Å²) in [5.74, 6) is -2.36. The van der Waals surface area contributed by atoms with Crippen LogP contribution in [0.25, 0.3) is 0 Å². The summed E-state index contributed by atoms with van der Waals surface area (Å²) in [6.07, 6.45) is -4.02. The second-order valence-corrected chi connectivity index (χ2v) is 15.6. The fourth-order valence-corrected chi connectivity index (χ4v) is 9.64. The first-order valence-electron chi connectivity index (χ1n) is 9.31. The van der Waals surface area contributed by atoms with Crippen molar-refractivity contribution in [2.75, 3.05) is 6.61 Å². The Labute approximate surface area is 178 Å². The van der Waals surface area contributed by atoms with E-state index in [1.165, 1.54) is 27.7 Å². The molecule has 0 saturated carbocycles. The molecule has 1 fully saturated rings. The zero-order valence-electron chi connectivity index (χ0n) is 17.5. The zero-order valence-corrected chi connectivity index (χ0v) is 20.2. The Balaban J connectivity index is 3.31. The Morgan fingerprint density at radius 3 is 1.72 bits per heavy atom. The van der Waals surface area contributed by atoms with Crippen molar-refractivity contribution in [3.63, 3.8) is 0 Å². The van der Waals surface area contributed by atoms with Gasteiger partial charge >= 0.3 is 179 Å². The normalized spacial score (nSPS) is 26.5. The minimum absolute atomic E-state index is 0.194. The van der Waals surface area contributed by atoms with Crippen LogP contribution < -0.4 is 0 Å². The van der Waals surface area contributed by atoms with Gasteiger partial charge in [0, 0.05) is 0 Å². The first-order valence-corrected chi connectivity index (χ1v) is 15.1. The topological polar surface area (TPSA) is 114 Å². The third-order valence-electron chi connectivity index (χ3n) is 3.91. The van der Waals surface area contributed by atoms with E-state index in [9.17, 15) is 19.2 Å². The van der Waals surface area contributed by atoms with Gasteiger partial charge in [-0.3, -0.25) is 0 Å². The van der Waals surface area contributed by atoms with E-state index >= 15 is 0 Å². The molecule has 1 saturated heterocycles. The SMILES string of the molecule is CC[As](CC)SC1OC(COC(C)=O)C(OC(C)=O)C(OC(C)=O)C1OC(C)=O. The predicted molar refractivity (Wildman–Crippen MR) is 106 cm³/mol. The first-order chi connectivity index (χ1) is 13.6. The van der Waals surface area contributed by atoms with Gasteiger partial charge in [-0.05, 0) is 0 Å². The fraction of sp³-hybridized carbons (Fsp3) is 0.778. The molecule has 0 aliphatic carbocycles. The van der Waals surface area contributed by atoms with Crippen molar-refractivity contribution in [3.8, 4) is 0 Å². The number of hydrogen-bond acceptors (Lipinski definition) is 10. The van der Waals surface area contributed by atoms with Crippen LogP contribution in [-0.2, 0) is 42.9 Å². The number of ether oxygens (including phenoxy) is 5. The number of carbonyl (C=O) groups excluding carboxylic acids is 4. The number of rotatable bonds is 9. The van der Waals surface area contributed by atoms with E-state index in [4.69, 9.17) is 23.7 Å². The molecule has 166 valence electrons. The summed E-state index contributed by atoms with van der Waals surface area (Å²) < 4.78 is 27.4. The van der Waals surface area contributed by atoms with Crippen LogP contribution in [0.15, 0.2) is 0 Å². The number of esters is 4. The summed E-state index contributed by atoms with van der Waals surface area (Å²) >= 11 is -1.36. The molecule has 5 unspecified atom stereocenters. The molecule has 0 bridgehead atoms. The third-order valence-corrected chi connectivity index (χ3v) is 13.6. The van der Waals surface area contributed by atoms with E-state index in [1.54, 1.807) is 10.0 Å². The van der Waals surface area contributed by atoms with Gasteiger partial charge in [-0.1, -0.05) is 0 Å². The van der Waals surface area contributed by atoms with Crippen LogP contribution >= 0.6 is 10.0 Å². The maximum absolute atomic E-state index is 11.8. The van der Waals surface area contributed by atoms with Gasteiger partial charge in [-0.15, -0.1) is 0 Å². The van der Waals surface area contributed by atoms with Crippen molar-refractivity contribution in [1.29, 1.82) is 0 Å². The molecule has 0 radical (unpaired) electrons. The van der Waals surface area contributed by atoms with Gasteiger partial charge in [-0.2, -0.15) is 0 Å². The molecular formula is C18H29AsO9S. The molecule has 11 heteroatoms. The van der Waals surface area contributed by atoms with Gasteiger partial charge in [-0.25, -0.2) is 0 Å². The molecule has 1 heterocycles. The summed E-state index contributed by atoms with van der Waals surface area (Å²) in [4.78, 5) is 46.5. The Bertz CT molecular complexity index is 596. The first kappa shape index (κ1) is 25.8. The molecule has 1 aliphatic rings. The summed E-state index contributed by atoms with van der Waals surface area (Å²) in [7, 11) is 1.58. The Morgan fingerprint density at radius 2 is 1.28 bits per heavy atom. The van der Waals surface area contributed by atoms with E-state index in [-0.39, 0.29) is 6.61 Å². The van der Waals surface area contributed by atoms with Gasteiger partial charge in [0.1, 0.15) is 0 Å². The quantitative estimate of drug-likeness (QED) is 0.266. The molecule has 0 spiro atoms. The summed E-state index contributed by atoms with van der Waals surface area (Å²) in [6, 6.07) is 0. The molecule has 0 aromatic heterocycles. The Morgan fingerprint density at radius 1 is 0.793 bits per heavy atom. The van der Waals surface area contributed by atoms with Gasteiger partial charge < -0.3 is 0 Å². The van der Waals surface area contributed by atoms with Crippen LogP contribution in [0.3, 0.4) is 0 Å². The molecule has 0 N–H and O–H groups in total. The molecule has 0 aromatic carbocycles. The molecule has 29 heavy (non-hydrogen) atoms. The fourth-order valence-electron chi connectivity index (χ4n) is 2.79. The molecule has 1 aliphatic heterocycles. The second-order valence-electron chi connectivity index (χ2n) is 6.29. The van der Waals surface area contributed by atoms with E-state index in [0.717, 1.165) is 10.4 Å². The van der Waals surface area contributed by atoms with Crippen LogP contribution in [0, 0.1) is 0 Å². The summed E-state index contributed by atoms with van der Waals surface area (Å²) in [5, 5.41) is 1.97. The molecule has 9 nitrogen and oxygen atoms in total. The van der Waals surface area contributed by atoms with Crippen molar-refractivity contribution >= 4 is 47.4 Å². The maximum atomic E-state index is 11.8. The monoisotopic (exact) mass is 496 g/mol. The summed E-state index contributed by atoms with van der Waals surface area (Å²) in [5.41, 5.74) is -0.643. The van der Waals surface area contributed by atoms with Crippen molar-refractivity contribution < 1.29 is 42.9 Å². The standard InChI is InChI=1S/C18H29AsO9S/c1-7-19(8-2)29-18-17(27-13(6)23)16(26-12(5)22)15(25-11(4)21)14(28-18)9-24-10(3)20/h14-18H,7-9H2,1-6H3. The zero-order chi connectivity index (χ0) is 22.1. The van der Waals surface area contributed by atoms with Crippen LogP contribution in [0.4, 0.5) is 0 Å². The minimum atomic E-state index is -1.36. The van der Waals surface area contributed by atoms with Crippen LogP contribution in [0.5, 0.6) is 0 Å². The predicted octanol–water partition coefficient (Wildman–Crippen LogP) is 1.83. The molecule has 0 amide bonds. The van der Waals surface area contributed by atoms with Crippen molar-refractivity contribution in [3.05, 3.63) is 0 Å². The van der Waals surface area contributed by atoms with Gasteiger partial charge in [0.25, 0.3) is 0 Å². The van der Waals surface area contributed by atoms with Crippen LogP contribution in [-0.4, -0.2) is 73.8 Å². The van der Waals surface area contributed by atoms with Crippen molar-refractivity contribution in [1.82, 2.24) is 0 Å². The molecule has 1 rings (SSSR count). The van der Waals surface area contributed by atoms with E-state index in [0.29, 0.717) is 0 Å². The van der Waals surface area contributed by atoms with E-state index in [2.05, 4.69) is 13.8 Å². The van der Waals surface area contributed by atoms with Crippen LogP contribution in [0.2, 0.25) is 10.4 Å². The van der Waals surface area contributed by atoms with Crippen molar-refractivity contribution in [2.45, 2.75) is 81.8 Å². The van der Waals surface area contributed by atoms with Gasteiger partial charge in [0.05, 0.1) is 0 Å². The summed E-state index contributed by atoms with van der Waals surface area (Å²) in [6.45, 7) is 8.88. The van der Waals surface area contributed by atoms with E-state index in [1.807, 2.05) is 0 Å². The van der Waals surface area contributed by atoms with Crippen molar-refractivity contribution in [2.24, 2.45) is 0 Å². The van der Waals surface area contributed by atoms with Gasteiger partial charge in [0.15, 0.2) is 0 Å². The number of carbonyl (C=O) groups is 4. The molecule has 0 aromatic rings. The second kappa shape index (κ2) is 12.4. The van der Waals surface area contributed by atoms with Gasteiger partial charge in [0.2, 0.25) is 0 Å². The average Bonchev–Trinajstić information content (AvgIpc) is 2.61.